The number of hydrogen-bond donors (Lipinski definition) is 0. The van der Waals surface area contributed by atoms with Crippen molar-refractivity contribution in [2.75, 3.05) is 18.6 Å². The van der Waals surface area contributed by atoms with Crippen molar-refractivity contribution >= 4 is 34.5 Å². The Morgan fingerprint density at radius 1 is 1.24 bits per heavy atom. The number of thiazole rings is 1. The lowest BCUT2D eigenvalue weighted by Crippen LogP contribution is -2.35. The van der Waals surface area contributed by atoms with Crippen molar-refractivity contribution in [1.82, 2.24) is 4.98 Å². The van der Waals surface area contributed by atoms with E-state index in [9.17, 15) is 14.4 Å². The molecule has 2 heterocycles. The van der Waals surface area contributed by atoms with Crippen LogP contribution < -0.4 is 9.64 Å². The fraction of sp³-hybridized carbons (Fsp3) is 0.222. The number of carbonyl (C=O) groups excluding carboxylic acids is 3. The monoisotopic (exact) mass is 354 g/mol. The van der Waals surface area contributed by atoms with Crippen LogP contribution in [-0.2, 0) is 6.42 Å². The van der Waals surface area contributed by atoms with E-state index in [4.69, 9.17) is 4.74 Å². The van der Waals surface area contributed by atoms with E-state index in [2.05, 4.69) is 4.98 Å². The minimum atomic E-state index is -0.339. The van der Waals surface area contributed by atoms with Crippen LogP contribution in [0.1, 0.15) is 41.9 Å². The van der Waals surface area contributed by atoms with E-state index in [1.807, 2.05) is 18.2 Å². The maximum absolute atomic E-state index is 12.9. The molecule has 0 bridgehead atoms. The zero-order valence-electron chi connectivity index (χ0n) is 13.4. The van der Waals surface area contributed by atoms with Crippen molar-refractivity contribution in [3.63, 3.8) is 0 Å². The van der Waals surface area contributed by atoms with Crippen molar-refractivity contribution in [3.8, 4) is 5.75 Å². The number of aromatic nitrogens is 1. The summed E-state index contributed by atoms with van der Waals surface area (Å²) in [4.78, 5) is 42.8. The summed E-state index contributed by atoms with van der Waals surface area (Å²) in [7, 11) is 1.61. The number of benzene rings is 1. The number of rotatable bonds is 2. The predicted molar refractivity (Wildman–Crippen MR) is 92.9 cm³/mol. The number of methoxy groups -OCH3 is 1. The van der Waals surface area contributed by atoms with E-state index in [0.717, 1.165) is 41.2 Å². The highest BCUT2D eigenvalue weighted by molar-refractivity contribution is 7.16. The van der Waals surface area contributed by atoms with Gasteiger partial charge in [0.25, 0.3) is 5.91 Å². The molecule has 0 atom stereocenters. The summed E-state index contributed by atoms with van der Waals surface area (Å²) in [5, 5.41) is 0.166. The number of ether oxygens (including phenoxy) is 1. The lowest BCUT2D eigenvalue weighted by molar-refractivity contribution is 0.0981. The van der Waals surface area contributed by atoms with Crippen LogP contribution in [0.4, 0.5) is 5.69 Å². The highest BCUT2D eigenvalue weighted by Gasteiger charge is 2.31. The highest BCUT2D eigenvalue weighted by atomic mass is 32.1. The third kappa shape index (κ3) is 2.56. The van der Waals surface area contributed by atoms with Gasteiger partial charge >= 0.3 is 0 Å². The summed E-state index contributed by atoms with van der Waals surface area (Å²) >= 11 is 0.983. The molecule has 4 rings (SSSR count). The highest BCUT2D eigenvalue weighted by Crippen LogP contribution is 2.33. The molecule has 1 amide bonds. The van der Waals surface area contributed by atoms with Gasteiger partial charge in [-0.3, -0.25) is 14.4 Å². The number of hydrogen-bond acceptors (Lipinski definition) is 6. The molecule has 25 heavy (non-hydrogen) atoms. The fourth-order valence-electron chi connectivity index (χ4n) is 3.08. The second-order valence-electron chi connectivity index (χ2n) is 5.81. The van der Waals surface area contributed by atoms with Crippen molar-refractivity contribution in [3.05, 3.63) is 51.5 Å². The van der Waals surface area contributed by atoms with Gasteiger partial charge in [-0.2, -0.15) is 0 Å². The molecule has 126 valence electrons. The Bertz CT molecular complexity index is 909. The molecule has 1 aliphatic heterocycles. The number of aryl methyl sites for hydroxylation is 1. The first-order chi connectivity index (χ1) is 12.1. The van der Waals surface area contributed by atoms with E-state index in [1.54, 1.807) is 12.0 Å². The Hall–Kier alpha value is -2.80. The maximum atomic E-state index is 12.9. The van der Waals surface area contributed by atoms with Gasteiger partial charge in [0.15, 0.2) is 10.8 Å². The van der Waals surface area contributed by atoms with Crippen LogP contribution in [0.25, 0.3) is 0 Å². The van der Waals surface area contributed by atoms with Crippen LogP contribution >= 0.6 is 11.3 Å². The predicted octanol–water partition coefficient (Wildman–Crippen LogP) is 2.68. The number of amides is 1. The van der Waals surface area contributed by atoms with E-state index in [1.165, 1.54) is 12.2 Å². The molecule has 0 fully saturated rings. The maximum Gasteiger partial charge on any atom is 0.287 e. The zero-order valence-corrected chi connectivity index (χ0v) is 14.3. The Kier molecular flexibility index (Phi) is 3.73. The standard InChI is InChI=1S/C18H14N2O4S/c1-24-11-4-5-12-10(9-11)3-2-8-20(12)18(23)17-19-15-13(21)6-7-14(22)16(15)25-17/h4-7,9H,2-3,8H2,1H3. The normalized spacial score (nSPS) is 15.8. The summed E-state index contributed by atoms with van der Waals surface area (Å²) in [6.07, 6.45) is 4.11. The summed E-state index contributed by atoms with van der Waals surface area (Å²) < 4.78 is 5.24. The number of nitrogens with zero attached hydrogens (tertiary/aromatic N) is 2. The van der Waals surface area contributed by atoms with Crippen molar-refractivity contribution in [2.45, 2.75) is 12.8 Å². The Morgan fingerprint density at radius 3 is 2.80 bits per heavy atom. The summed E-state index contributed by atoms with van der Waals surface area (Å²) in [5.74, 6) is -0.158. The average molecular weight is 354 g/mol. The lowest BCUT2D eigenvalue weighted by atomic mass is 10.0. The van der Waals surface area contributed by atoms with Crippen LogP contribution in [0.5, 0.6) is 5.75 Å². The molecule has 0 N–H and O–H groups in total. The summed E-state index contributed by atoms with van der Waals surface area (Å²) in [6.45, 7) is 0.572. The Morgan fingerprint density at radius 2 is 2.04 bits per heavy atom. The lowest BCUT2D eigenvalue weighted by Gasteiger charge is -2.29. The summed E-state index contributed by atoms with van der Waals surface area (Å²) in [6, 6.07) is 5.60. The molecule has 0 spiro atoms. The molecule has 0 radical (unpaired) electrons. The molecule has 2 aromatic rings. The van der Waals surface area contributed by atoms with Gasteiger partial charge in [0.2, 0.25) is 5.78 Å². The van der Waals surface area contributed by atoms with Crippen molar-refractivity contribution in [2.24, 2.45) is 0 Å². The third-order valence-corrected chi connectivity index (χ3v) is 5.36. The second-order valence-corrected chi connectivity index (χ2v) is 6.81. The van der Waals surface area contributed by atoms with E-state index < -0.39 is 0 Å². The number of anilines is 1. The first-order valence-electron chi connectivity index (χ1n) is 7.85. The third-order valence-electron chi connectivity index (χ3n) is 4.30. The van der Waals surface area contributed by atoms with Crippen molar-refractivity contribution in [1.29, 1.82) is 0 Å². The minimum absolute atomic E-state index is 0.0767. The van der Waals surface area contributed by atoms with Gasteiger partial charge in [-0.25, -0.2) is 4.98 Å². The molecule has 1 aromatic carbocycles. The first-order valence-corrected chi connectivity index (χ1v) is 8.66. The zero-order chi connectivity index (χ0) is 17.6. The topological polar surface area (TPSA) is 76.6 Å². The molecule has 1 aromatic heterocycles. The van der Waals surface area contributed by atoms with Crippen molar-refractivity contribution < 1.29 is 19.1 Å². The SMILES string of the molecule is COc1ccc2c(c1)CCCN2C(=O)c1nc2c(s1)C(=O)C=CC2=O. The second kappa shape index (κ2) is 5.93. The van der Waals surface area contributed by atoms with Crippen LogP contribution in [0.15, 0.2) is 30.4 Å². The Balaban J connectivity index is 1.71. The van der Waals surface area contributed by atoms with Crippen LogP contribution in [0.2, 0.25) is 0 Å². The van der Waals surface area contributed by atoms with E-state index in [-0.39, 0.29) is 33.1 Å². The van der Waals surface area contributed by atoms with E-state index in [0.29, 0.717) is 6.54 Å². The molecule has 0 saturated heterocycles. The van der Waals surface area contributed by atoms with Gasteiger partial charge in [0.1, 0.15) is 16.3 Å². The van der Waals surface area contributed by atoms with Gasteiger partial charge in [0.05, 0.1) is 7.11 Å². The number of carbonyl (C=O) groups is 3. The number of ketones is 2. The fourth-order valence-corrected chi connectivity index (χ4v) is 4.02. The number of fused-ring (bicyclic) bond motifs is 2. The first kappa shape index (κ1) is 15.7. The van der Waals surface area contributed by atoms with Crippen LogP contribution in [-0.4, -0.2) is 36.1 Å². The van der Waals surface area contributed by atoms with Crippen LogP contribution in [0, 0.1) is 0 Å². The average Bonchev–Trinajstić information content (AvgIpc) is 3.10. The van der Waals surface area contributed by atoms with Gasteiger partial charge in [-0.1, -0.05) is 0 Å². The molecule has 2 aliphatic rings. The quantitative estimate of drug-likeness (QED) is 0.829. The molecule has 0 unspecified atom stereocenters. The largest absolute Gasteiger partial charge is 0.497 e. The smallest absolute Gasteiger partial charge is 0.287 e. The molecule has 1 aliphatic carbocycles. The molecular weight excluding hydrogens is 340 g/mol. The molecular formula is C18H14N2O4S. The molecule has 7 heteroatoms. The van der Waals surface area contributed by atoms with Gasteiger partial charge in [-0.15, -0.1) is 11.3 Å². The minimum Gasteiger partial charge on any atom is -0.497 e. The van der Waals surface area contributed by atoms with Crippen LogP contribution in [0.3, 0.4) is 0 Å². The van der Waals surface area contributed by atoms with Gasteiger partial charge in [0, 0.05) is 12.2 Å². The number of allylic oxidation sites excluding steroid dienone is 2. The summed E-state index contributed by atoms with van der Waals surface area (Å²) in [5.41, 5.74) is 1.93. The molecule has 6 nitrogen and oxygen atoms in total. The Labute approximate surface area is 147 Å². The molecule has 0 saturated carbocycles. The van der Waals surface area contributed by atoms with E-state index >= 15 is 0 Å². The van der Waals surface area contributed by atoms with Gasteiger partial charge in [-0.05, 0) is 48.8 Å². The van der Waals surface area contributed by atoms with Gasteiger partial charge < -0.3 is 9.64 Å².